The first-order valence-corrected chi connectivity index (χ1v) is 9.94. The van der Waals surface area contributed by atoms with Gasteiger partial charge in [0.05, 0.1) is 7.11 Å². The Morgan fingerprint density at radius 2 is 2.14 bits per heavy atom. The molecular formula is C20H26F3N5O. The topological polar surface area (TPSA) is 55.2 Å². The second kappa shape index (κ2) is 7.85. The fraction of sp³-hybridized carbons (Fsp3) is 0.600. The van der Waals surface area contributed by atoms with Crippen molar-refractivity contribution in [3.05, 3.63) is 35.7 Å². The van der Waals surface area contributed by atoms with E-state index in [2.05, 4.69) is 26.4 Å². The Morgan fingerprint density at radius 3 is 2.90 bits per heavy atom. The number of piperidine rings is 1. The van der Waals surface area contributed by atoms with Gasteiger partial charge in [-0.15, -0.1) is 0 Å². The van der Waals surface area contributed by atoms with Crippen LogP contribution in [0, 0.1) is 12.8 Å². The molecule has 3 heterocycles. The number of rotatable bonds is 4. The summed E-state index contributed by atoms with van der Waals surface area (Å²) in [4.78, 5) is 6.31. The lowest BCUT2D eigenvalue weighted by atomic mass is 9.86. The van der Waals surface area contributed by atoms with Gasteiger partial charge in [-0.2, -0.15) is 23.3 Å². The van der Waals surface area contributed by atoms with Crippen molar-refractivity contribution >= 4 is 5.95 Å². The number of methoxy groups -OCH3 is 1. The minimum atomic E-state index is -4.34. The smallest absolute Gasteiger partial charge is 0.411 e. The summed E-state index contributed by atoms with van der Waals surface area (Å²) in [6.07, 6.45) is -1.32. The highest BCUT2D eigenvalue weighted by Crippen LogP contribution is 2.41. The molecule has 0 bridgehead atoms. The molecule has 0 unspecified atom stereocenters. The lowest BCUT2D eigenvalue weighted by Crippen LogP contribution is -2.47. The van der Waals surface area contributed by atoms with Crippen LogP contribution in [0.3, 0.4) is 0 Å². The fourth-order valence-corrected chi connectivity index (χ4v) is 4.56. The average Bonchev–Trinajstić information content (AvgIpc) is 3.15. The van der Waals surface area contributed by atoms with Crippen LogP contribution in [0.4, 0.5) is 19.1 Å². The van der Waals surface area contributed by atoms with Gasteiger partial charge in [-0.3, -0.25) is 4.90 Å². The number of hydrogen-bond acceptors (Lipinski definition) is 5. The molecule has 158 valence electrons. The molecule has 1 saturated heterocycles. The third kappa shape index (κ3) is 4.19. The number of halogens is 3. The van der Waals surface area contributed by atoms with Crippen molar-refractivity contribution < 1.29 is 17.9 Å². The molecule has 0 aliphatic carbocycles. The molecule has 1 N–H and O–H groups in total. The predicted octanol–water partition coefficient (Wildman–Crippen LogP) is 3.79. The normalized spacial score (nSPS) is 25.3. The van der Waals surface area contributed by atoms with Crippen LogP contribution in [0.15, 0.2) is 24.5 Å². The quantitative estimate of drug-likeness (QED) is 0.833. The van der Waals surface area contributed by atoms with Crippen LogP contribution in [0.5, 0.6) is 5.75 Å². The van der Waals surface area contributed by atoms with E-state index >= 15 is 0 Å². The Kier molecular flexibility index (Phi) is 5.42. The summed E-state index contributed by atoms with van der Waals surface area (Å²) in [5, 5.41) is 6.98. The van der Waals surface area contributed by atoms with Gasteiger partial charge in [-0.05, 0) is 44.7 Å². The Balaban J connectivity index is 1.48. The van der Waals surface area contributed by atoms with Crippen LogP contribution in [0.25, 0.3) is 0 Å². The number of benzene rings is 1. The number of likely N-dealkylation sites (tertiary alicyclic amines) is 1. The standard InChI is InChI=1S/C20H26F3N5O/c1-13-5-6-17(29-2)15(8-13)11-27-7-3-4-14(10-27)16-9-18(20(21,22)23)28-19(26-16)24-12-25-28/h5-6,8,12,14,16,18H,3-4,7,9-11H2,1-2H3,(H,24,25,26)/t14-,16+,18-/m1/s1. The number of ether oxygens (including phenoxy) is 1. The number of nitrogens with zero attached hydrogens (tertiary/aromatic N) is 4. The molecule has 1 aromatic carbocycles. The number of hydrogen-bond donors (Lipinski definition) is 1. The van der Waals surface area contributed by atoms with Crippen LogP contribution in [-0.2, 0) is 6.54 Å². The SMILES string of the molecule is COc1ccc(C)cc1CN1CCC[C@@H]([C@@H]2C[C@H](C(F)(F)F)n3ncnc3N2)C1. The molecule has 2 aromatic rings. The zero-order valence-electron chi connectivity index (χ0n) is 16.6. The molecule has 2 aliphatic heterocycles. The van der Waals surface area contributed by atoms with Gasteiger partial charge in [0.1, 0.15) is 12.1 Å². The van der Waals surface area contributed by atoms with Crippen LogP contribution < -0.4 is 10.1 Å². The van der Waals surface area contributed by atoms with Gasteiger partial charge >= 0.3 is 6.18 Å². The highest BCUT2D eigenvalue weighted by Gasteiger charge is 2.48. The van der Waals surface area contributed by atoms with E-state index < -0.39 is 12.2 Å². The van der Waals surface area contributed by atoms with Crippen LogP contribution >= 0.6 is 0 Å². The minimum absolute atomic E-state index is 0.0217. The molecule has 0 spiro atoms. The van der Waals surface area contributed by atoms with E-state index in [0.29, 0.717) is 0 Å². The average molecular weight is 409 g/mol. The number of alkyl halides is 3. The molecule has 1 aromatic heterocycles. The van der Waals surface area contributed by atoms with Gasteiger partial charge in [-0.1, -0.05) is 17.7 Å². The molecule has 4 rings (SSSR count). The van der Waals surface area contributed by atoms with Gasteiger partial charge in [-0.25, -0.2) is 4.68 Å². The molecule has 29 heavy (non-hydrogen) atoms. The number of fused-ring (bicyclic) bond motifs is 1. The third-order valence-corrected chi connectivity index (χ3v) is 5.98. The van der Waals surface area contributed by atoms with E-state index in [9.17, 15) is 13.2 Å². The van der Waals surface area contributed by atoms with Crippen LogP contribution in [0.1, 0.15) is 36.4 Å². The van der Waals surface area contributed by atoms with Crippen molar-refractivity contribution in [1.82, 2.24) is 19.7 Å². The maximum absolute atomic E-state index is 13.6. The third-order valence-electron chi connectivity index (χ3n) is 5.98. The van der Waals surface area contributed by atoms with Crippen molar-refractivity contribution in [2.24, 2.45) is 5.92 Å². The molecule has 3 atom stereocenters. The second-order valence-electron chi connectivity index (χ2n) is 8.02. The van der Waals surface area contributed by atoms with Crippen LogP contribution in [-0.4, -0.2) is 52.1 Å². The first-order valence-electron chi connectivity index (χ1n) is 9.94. The van der Waals surface area contributed by atoms with Crippen molar-refractivity contribution in [3.8, 4) is 5.75 Å². The van der Waals surface area contributed by atoms with Crippen molar-refractivity contribution in [3.63, 3.8) is 0 Å². The Bertz CT molecular complexity index is 853. The number of nitrogens with one attached hydrogen (secondary N) is 1. The van der Waals surface area contributed by atoms with Crippen molar-refractivity contribution in [2.75, 3.05) is 25.5 Å². The van der Waals surface area contributed by atoms with E-state index in [-0.39, 0.29) is 24.3 Å². The van der Waals surface area contributed by atoms with Gasteiger partial charge in [0.25, 0.3) is 0 Å². The van der Waals surface area contributed by atoms with Gasteiger partial charge in [0.15, 0.2) is 6.04 Å². The molecule has 0 saturated carbocycles. The molecule has 2 aliphatic rings. The van der Waals surface area contributed by atoms with E-state index in [4.69, 9.17) is 4.74 Å². The summed E-state index contributed by atoms with van der Waals surface area (Å²) in [5.74, 6) is 1.18. The molecule has 0 amide bonds. The molecule has 1 fully saturated rings. The van der Waals surface area contributed by atoms with Crippen molar-refractivity contribution in [1.29, 1.82) is 0 Å². The Morgan fingerprint density at radius 1 is 1.31 bits per heavy atom. The lowest BCUT2D eigenvalue weighted by molar-refractivity contribution is -0.174. The summed E-state index contributed by atoms with van der Waals surface area (Å²) in [6.45, 7) is 4.45. The summed E-state index contributed by atoms with van der Waals surface area (Å²) in [7, 11) is 1.66. The first kappa shape index (κ1) is 20.0. The largest absolute Gasteiger partial charge is 0.496 e. The zero-order valence-corrected chi connectivity index (χ0v) is 16.6. The van der Waals surface area contributed by atoms with Gasteiger partial charge in [0.2, 0.25) is 5.95 Å². The maximum atomic E-state index is 13.6. The predicted molar refractivity (Wildman–Crippen MR) is 103 cm³/mol. The molecular weight excluding hydrogens is 383 g/mol. The van der Waals surface area contributed by atoms with Crippen molar-refractivity contribution in [2.45, 2.75) is 51.0 Å². The Hall–Kier alpha value is -2.29. The van der Waals surface area contributed by atoms with E-state index in [1.807, 2.05) is 19.1 Å². The van der Waals surface area contributed by atoms with E-state index in [0.717, 1.165) is 54.0 Å². The minimum Gasteiger partial charge on any atom is -0.496 e. The lowest BCUT2D eigenvalue weighted by Gasteiger charge is -2.41. The number of anilines is 1. The first-order chi connectivity index (χ1) is 13.8. The zero-order chi connectivity index (χ0) is 20.6. The Labute approximate surface area is 168 Å². The molecule has 9 heteroatoms. The number of aryl methyl sites for hydroxylation is 1. The maximum Gasteiger partial charge on any atom is 0.411 e. The van der Waals surface area contributed by atoms with Crippen LogP contribution in [0.2, 0.25) is 0 Å². The summed E-state index contributed by atoms with van der Waals surface area (Å²) < 4.78 is 47.2. The monoisotopic (exact) mass is 409 g/mol. The highest BCUT2D eigenvalue weighted by molar-refractivity contribution is 5.37. The summed E-state index contributed by atoms with van der Waals surface area (Å²) in [6, 6.07) is 4.19. The van der Waals surface area contributed by atoms with Gasteiger partial charge < -0.3 is 10.1 Å². The van der Waals surface area contributed by atoms with E-state index in [1.54, 1.807) is 7.11 Å². The van der Waals surface area contributed by atoms with Gasteiger partial charge in [0, 0.05) is 24.7 Å². The second-order valence-corrected chi connectivity index (χ2v) is 8.02. The van der Waals surface area contributed by atoms with E-state index in [1.165, 1.54) is 6.33 Å². The fourth-order valence-electron chi connectivity index (χ4n) is 4.56. The molecule has 0 radical (unpaired) electrons. The summed E-state index contributed by atoms with van der Waals surface area (Å²) >= 11 is 0. The summed E-state index contributed by atoms with van der Waals surface area (Å²) in [5.41, 5.74) is 2.27. The molecule has 6 nitrogen and oxygen atoms in total. The highest BCUT2D eigenvalue weighted by atomic mass is 19.4. The number of aromatic nitrogens is 3.